The summed E-state index contributed by atoms with van der Waals surface area (Å²) in [5.41, 5.74) is 27.5. The summed E-state index contributed by atoms with van der Waals surface area (Å²) in [6.45, 7) is 41.6. The zero-order valence-corrected chi connectivity index (χ0v) is 48.9. The van der Waals surface area contributed by atoms with Crippen LogP contribution in [0.25, 0.3) is 21.2 Å². The number of anilines is 6. The third kappa shape index (κ3) is 6.86. The molecule has 4 heteroatoms. The first-order valence-corrected chi connectivity index (χ1v) is 29.3. The van der Waals surface area contributed by atoms with Crippen LogP contribution in [0.5, 0.6) is 0 Å². The second-order valence-corrected chi connectivity index (χ2v) is 30.9. The number of hydrogen-bond acceptors (Lipinski definition) is 3. The van der Waals surface area contributed by atoms with Crippen LogP contribution < -0.4 is 25.5 Å². The Bertz CT molecular complexity index is 3570. The van der Waals surface area contributed by atoms with Gasteiger partial charge in [0.05, 0.1) is 11.4 Å². The van der Waals surface area contributed by atoms with E-state index in [0.717, 1.165) is 0 Å². The summed E-state index contributed by atoms with van der Waals surface area (Å²) in [5.74, 6) is 0. The van der Waals surface area contributed by atoms with Gasteiger partial charge in [0.2, 0.25) is 0 Å². The Hall–Kier alpha value is -5.06. The van der Waals surface area contributed by atoms with Gasteiger partial charge in [-0.05, 0) is 216 Å². The van der Waals surface area contributed by atoms with Gasteiger partial charge in [0, 0.05) is 43.2 Å². The molecule has 0 spiro atoms. The minimum Gasteiger partial charge on any atom is -0.311 e. The minimum absolute atomic E-state index is 0.0218. The third-order valence-electron chi connectivity index (χ3n) is 20.5. The maximum atomic E-state index is 2.78. The fourth-order valence-electron chi connectivity index (χ4n) is 15.6. The lowest BCUT2D eigenvalue weighted by molar-refractivity contribution is 0.332. The molecule has 0 amide bonds. The largest absolute Gasteiger partial charge is 0.311 e. The van der Waals surface area contributed by atoms with E-state index in [1.165, 1.54) is 155 Å². The predicted octanol–water partition coefficient (Wildman–Crippen LogP) is 18.0. The standard InChI is InChI=1S/C70H81BN2S/c1-41-32-57-60-58(33-41)73(55-25-22-44(64(5,6)7)34-46(55)42-18-20-43(21-19-42)63(2,3)4)56-38-51-50(67(12,13)28-29-68(51,14)15)37-54(56)71(60)62-61(47-36-52-53(39-59(47)74-62)70(17)31-30-69(52,16)40-70)72(57)45-23-24-48-49(35-45)66(10,11)27-26-65(48,8)9/h18-25,32-39H,26-31,40H2,1-17H3. The van der Waals surface area contributed by atoms with Crippen molar-refractivity contribution in [2.45, 2.75) is 206 Å². The van der Waals surface area contributed by atoms with Gasteiger partial charge in [-0.2, -0.15) is 0 Å². The molecule has 3 heterocycles. The number of fused-ring (bicyclic) bond motifs is 13. The van der Waals surface area contributed by atoms with Crippen molar-refractivity contribution in [2.75, 3.05) is 9.80 Å². The van der Waals surface area contributed by atoms with E-state index in [9.17, 15) is 0 Å². The van der Waals surface area contributed by atoms with Gasteiger partial charge in [0.25, 0.3) is 6.71 Å². The molecule has 2 aliphatic heterocycles. The van der Waals surface area contributed by atoms with Crippen LogP contribution in [0, 0.1) is 6.92 Å². The second-order valence-electron chi connectivity index (χ2n) is 29.9. The zero-order valence-electron chi connectivity index (χ0n) is 48.1. The summed E-state index contributed by atoms with van der Waals surface area (Å²) < 4.78 is 2.94. The highest BCUT2D eigenvalue weighted by Gasteiger charge is 2.54. The van der Waals surface area contributed by atoms with E-state index in [4.69, 9.17) is 0 Å². The smallest absolute Gasteiger partial charge is 0.264 e. The Labute approximate surface area is 449 Å². The fourth-order valence-corrected chi connectivity index (χ4v) is 16.9. The van der Waals surface area contributed by atoms with Crippen LogP contribution in [-0.2, 0) is 43.3 Å². The lowest BCUT2D eigenvalue weighted by Crippen LogP contribution is -2.61. The molecular weight excluding hydrogens is 912 g/mol. The Morgan fingerprint density at radius 2 is 1.01 bits per heavy atom. The molecule has 4 aliphatic carbocycles. The number of thiophene rings is 1. The van der Waals surface area contributed by atoms with Crippen LogP contribution in [0.4, 0.5) is 34.1 Å². The molecule has 2 atom stereocenters. The van der Waals surface area contributed by atoms with E-state index in [1.807, 2.05) is 0 Å². The van der Waals surface area contributed by atoms with Gasteiger partial charge in [-0.1, -0.05) is 153 Å². The summed E-state index contributed by atoms with van der Waals surface area (Å²) in [6.07, 6.45) is 8.58. The van der Waals surface area contributed by atoms with E-state index < -0.39 is 0 Å². The highest BCUT2D eigenvalue weighted by molar-refractivity contribution is 7.33. The van der Waals surface area contributed by atoms with Gasteiger partial charge in [0.1, 0.15) is 0 Å². The van der Waals surface area contributed by atoms with E-state index in [2.05, 4.69) is 236 Å². The first kappa shape index (κ1) is 48.6. The molecule has 7 aromatic rings. The first-order valence-electron chi connectivity index (χ1n) is 28.5. The number of rotatable bonds is 3. The van der Waals surface area contributed by atoms with Gasteiger partial charge in [0.15, 0.2) is 0 Å². The molecule has 0 saturated heterocycles. The molecule has 2 bridgehead atoms. The van der Waals surface area contributed by atoms with Gasteiger partial charge >= 0.3 is 0 Å². The van der Waals surface area contributed by atoms with Crippen molar-refractivity contribution in [3.05, 3.63) is 147 Å². The zero-order chi connectivity index (χ0) is 52.4. The molecule has 2 unspecified atom stereocenters. The summed E-state index contributed by atoms with van der Waals surface area (Å²) in [5, 5.41) is 1.44. The highest BCUT2D eigenvalue weighted by Crippen LogP contribution is 2.62. The molecule has 0 N–H and O–H groups in total. The molecule has 380 valence electrons. The molecular formula is C70H81BN2S. The molecule has 1 fully saturated rings. The molecule has 13 rings (SSSR count). The molecule has 6 aromatic carbocycles. The molecule has 1 aromatic heterocycles. The van der Waals surface area contributed by atoms with E-state index >= 15 is 0 Å². The Morgan fingerprint density at radius 3 is 1.62 bits per heavy atom. The SMILES string of the molecule is Cc1cc2c3c(c1)N(c1ccc4c(c1)C(C)(C)CCC4(C)C)c1c(sc4cc5c(cc14)C1(C)CCC5(C)C1)B3c1cc3c(cc1N2c1ccc(C(C)(C)C)cc1-c1ccc(C(C)(C)C)cc1)C(C)(C)CCC3(C)C. The van der Waals surface area contributed by atoms with Crippen LogP contribution in [-0.4, -0.2) is 6.71 Å². The third-order valence-corrected chi connectivity index (χ3v) is 21.7. The Kier molecular flexibility index (Phi) is 9.92. The van der Waals surface area contributed by atoms with Crippen molar-refractivity contribution in [1.82, 2.24) is 0 Å². The maximum absolute atomic E-state index is 2.78. The number of nitrogens with zero attached hydrogens (tertiary/aromatic N) is 2. The van der Waals surface area contributed by atoms with Crippen molar-refractivity contribution < 1.29 is 0 Å². The van der Waals surface area contributed by atoms with Gasteiger partial charge in [-0.3, -0.25) is 0 Å². The van der Waals surface area contributed by atoms with E-state index in [0.29, 0.717) is 0 Å². The van der Waals surface area contributed by atoms with Crippen molar-refractivity contribution in [3.8, 4) is 11.1 Å². The summed E-state index contributed by atoms with van der Waals surface area (Å²) in [6, 6.07) is 40.6. The average molecular weight is 993 g/mol. The van der Waals surface area contributed by atoms with Crippen molar-refractivity contribution >= 4 is 78.0 Å². The van der Waals surface area contributed by atoms with Gasteiger partial charge < -0.3 is 9.80 Å². The number of aryl methyl sites for hydroxylation is 1. The minimum atomic E-state index is -0.0218. The lowest BCUT2D eigenvalue weighted by atomic mass is 9.35. The first-order chi connectivity index (χ1) is 34.5. The van der Waals surface area contributed by atoms with E-state index in [-0.39, 0.29) is 50.0 Å². The summed E-state index contributed by atoms with van der Waals surface area (Å²) in [4.78, 5) is 5.53. The van der Waals surface area contributed by atoms with Crippen molar-refractivity contribution in [1.29, 1.82) is 0 Å². The fraction of sp³-hybridized carbons (Fsp3) is 0.457. The quantitative estimate of drug-likeness (QED) is 0.163. The van der Waals surface area contributed by atoms with Crippen LogP contribution in [0.15, 0.2) is 97.1 Å². The second kappa shape index (κ2) is 15.1. The normalized spacial score (nSPS) is 23.3. The molecule has 6 aliphatic rings. The van der Waals surface area contributed by atoms with Crippen LogP contribution in [0.2, 0.25) is 0 Å². The average Bonchev–Trinajstić information content (AvgIpc) is 3.94. The van der Waals surface area contributed by atoms with Crippen LogP contribution >= 0.6 is 11.3 Å². The van der Waals surface area contributed by atoms with Crippen LogP contribution in [0.3, 0.4) is 0 Å². The maximum Gasteiger partial charge on any atom is 0.264 e. The molecule has 74 heavy (non-hydrogen) atoms. The van der Waals surface area contributed by atoms with Crippen molar-refractivity contribution in [3.63, 3.8) is 0 Å². The van der Waals surface area contributed by atoms with E-state index in [1.54, 1.807) is 11.1 Å². The van der Waals surface area contributed by atoms with Gasteiger partial charge in [-0.25, -0.2) is 0 Å². The summed E-state index contributed by atoms with van der Waals surface area (Å²) in [7, 11) is 0. The summed E-state index contributed by atoms with van der Waals surface area (Å²) >= 11 is 2.11. The van der Waals surface area contributed by atoms with Gasteiger partial charge in [-0.15, -0.1) is 11.3 Å². The van der Waals surface area contributed by atoms with Crippen LogP contribution in [0.1, 0.15) is 206 Å². The molecule has 1 saturated carbocycles. The topological polar surface area (TPSA) is 6.48 Å². The number of hydrogen-bond donors (Lipinski definition) is 0. The molecule has 0 radical (unpaired) electrons. The number of benzene rings is 6. The monoisotopic (exact) mass is 993 g/mol. The Balaban J connectivity index is 1.16. The predicted molar refractivity (Wildman–Crippen MR) is 323 cm³/mol. The molecule has 2 nitrogen and oxygen atoms in total. The van der Waals surface area contributed by atoms with Crippen molar-refractivity contribution in [2.24, 2.45) is 0 Å². The highest BCUT2D eigenvalue weighted by atomic mass is 32.1. The lowest BCUT2D eigenvalue weighted by Gasteiger charge is -2.47. The Morgan fingerprint density at radius 1 is 0.473 bits per heavy atom.